The van der Waals surface area contributed by atoms with Gasteiger partial charge in [0.2, 0.25) is 0 Å². The van der Waals surface area contributed by atoms with Crippen LogP contribution in [-0.4, -0.2) is 36.4 Å². The number of aliphatic hydroxyl groups is 1. The van der Waals surface area contributed by atoms with Gasteiger partial charge in [0, 0.05) is 12.8 Å². The lowest BCUT2D eigenvalue weighted by Crippen LogP contribution is -2.28. The molecule has 0 aliphatic carbocycles. The maximum absolute atomic E-state index is 12.1. The van der Waals surface area contributed by atoms with Crippen LogP contribution in [0.1, 0.15) is 181 Å². The van der Waals surface area contributed by atoms with E-state index >= 15 is 0 Å². The van der Waals surface area contributed by atoms with Gasteiger partial charge in [-0.1, -0.05) is 142 Å². The van der Waals surface area contributed by atoms with Crippen molar-refractivity contribution in [1.29, 1.82) is 0 Å². The van der Waals surface area contributed by atoms with Crippen LogP contribution in [0, 0.1) is 0 Å². The van der Waals surface area contributed by atoms with Crippen molar-refractivity contribution in [3.05, 3.63) is 12.2 Å². The number of esters is 2. The van der Waals surface area contributed by atoms with Gasteiger partial charge >= 0.3 is 11.9 Å². The normalized spacial score (nSPS) is 12.2. The Labute approximate surface area is 248 Å². The largest absolute Gasteiger partial charge is 0.462 e. The van der Waals surface area contributed by atoms with E-state index in [1.54, 1.807) is 0 Å². The molecule has 1 atom stereocenters. The van der Waals surface area contributed by atoms with E-state index in [1.165, 1.54) is 109 Å². The summed E-state index contributed by atoms with van der Waals surface area (Å²) in [6, 6.07) is 0. The van der Waals surface area contributed by atoms with Gasteiger partial charge in [0.15, 0.2) is 6.10 Å². The molecule has 5 heteroatoms. The Balaban J connectivity index is 3.57. The van der Waals surface area contributed by atoms with Crippen molar-refractivity contribution in [2.24, 2.45) is 0 Å². The third kappa shape index (κ3) is 29.6. The molecule has 40 heavy (non-hydrogen) atoms. The zero-order valence-corrected chi connectivity index (χ0v) is 26.6. The van der Waals surface area contributed by atoms with Gasteiger partial charge in [-0.05, 0) is 38.5 Å². The molecule has 0 fully saturated rings. The molecule has 1 N–H and O–H groups in total. The van der Waals surface area contributed by atoms with Crippen molar-refractivity contribution in [3.63, 3.8) is 0 Å². The molecule has 0 spiro atoms. The summed E-state index contributed by atoms with van der Waals surface area (Å²) >= 11 is 0. The molecule has 5 nitrogen and oxygen atoms in total. The molecule has 0 saturated heterocycles. The first kappa shape index (κ1) is 38.6. The highest BCUT2D eigenvalue weighted by molar-refractivity contribution is 5.70. The maximum Gasteiger partial charge on any atom is 0.306 e. The fourth-order valence-electron chi connectivity index (χ4n) is 4.90. The molecule has 0 saturated carbocycles. The Kier molecular flexibility index (Phi) is 31.1. The zero-order valence-electron chi connectivity index (χ0n) is 26.6. The Bertz CT molecular complexity index is 574. The van der Waals surface area contributed by atoms with Gasteiger partial charge < -0.3 is 14.6 Å². The van der Waals surface area contributed by atoms with Crippen LogP contribution >= 0.6 is 0 Å². The lowest BCUT2D eigenvalue weighted by atomic mass is 10.0. The molecule has 0 aromatic carbocycles. The Morgan fingerprint density at radius 1 is 0.550 bits per heavy atom. The first-order valence-electron chi connectivity index (χ1n) is 17.2. The third-order valence-corrected chi connectivity index (χ3v) is 7.56. The number of unbranched alkanes of at least 4 members (excludes halogenated alkanes) is 21. The summed E-state index contributed by atoms with van der Waals surface area (Å²) in [4.78, 5) is 24.1. The van der Waals surface area contributed by atoms with Crippen LogP contribution < -0.4 is 0 Å². The van der Waals surface area contributed by atoms with Crippen molar-refractivity contribution >= 4 is 11.9 Å². The zero-order chi connectivity index (χ0) is 29.4. The molecule has 0 aliphatic rings. The van der Waals surface area contributed by atoms with E-state index in [0.717, 1.165) is 44.9 Å². The minimum Gasteiger partial charge on any atom is -0.462 e. The fourth-order valence-corrected chi connectivity index (χ4v) is 4.90. The second kappa shape index (κ2) is 32.2. The first-order chi connectivity index (χ1) is 19.6. The van der Waals surface area contributed by atoms with Crippen LogP contribution in [0.4, 0.5) is 0 Å². The molecule has 0 rings (SSSR count). The number of carbonyl (C=O) groups is 2. The topological polar surface area (TPSA) is 72.8 Å². The van der Waals surface area contributed by atoms with E-state index in [-0.39, 0.29) is 25.2 Å². The van der Waals surface area contributed by atoms with Crippen LogP contribution in [0.2, 0.25) is 0 Å². The van der Waals surface area contributed by atoms with Crippen LogP contribution in [0.5, 0.6) is 0 Å². The van der Waals surface area contributed by atoms with E-state index in [0.29, 0.717) is 12.8 Å². The third-order valence-electron chi connectivity index (χ3n) is 7.56. The first-order valence-corrected chi connectivity index (χ1v) is 17.2. The Hall–Kier alpha value is -1.36. The summed E-state index contributed by atoms with van der Waals surface area (Å²) in [7, 11) is 0. The van der Waals surface area contributed by atoms with Gasteiger partial charge in [0.1, 0.15) is 6.61 Å². The molecule has 0 unspecified atom stereocenters. The molecule has 0 bridgehead atoms. The van der Waals surface area contributed by atoms with Crippen molar-refractivity contribution in [3.8, 4) is 0 Å². The quantitative estimate of drug-likeness (QED) is 0.0513. The fraction of sp³-hybridized carbons (Fsp3) is 0.886. The summed E-state index contributed by atoms with van der Waals surface area (Å²) in [5, 5.41) is 9.50. The summed E-state index contributed by atoms with van der Waals surface area (Å²) in [5.74, 6) is -0.596. The highest BCUT2D eigenvalue weighted by Gasteiger charge is 2.16. The number of hydrogen-bond donors (Lipinski definition) is 1. The van der Waals surface area contributed by atoms with Crippen LogP contribution in [-0.2, 0) is 19.1 Å². The number of aliphatic hydroxyl groups excluding tert-OH is 1. The second-order valence-electron chi connectivity index (χ2n) is 11.6. The van der Waals surface area contributed by atoms with E-state index in [4.69, 9.17) is 9.47 Å². The molecular weight excluding hydrogens is 500 g/mol. The lowest BCUT2D eigenvalue weighted by molar-refractivity contribution is -0.161. The molecular formula is C35H66O5. The van der Waals surface area contributed by atoms with Crippen molar-refractivity contribution in [1.82, 2.24) is 0 Å². The summed E-state index contributed by atoms with van der Waals surface area (Å²) in [5.41, 5.74) is 0. The number of hydrogen-bond acceptors (Lipinski definition) is 5. The Morgan fingerprint density at radius 2 is 0.925 bits per heavy atom. The lowest BCUT2D eigenvalue weighted by Gasteiger charge is -2.15. The predicted molar refractivity (Wildman–Crippen MR) is 168 cm³/mol. The van der Waals surface area contributed by atoms with E-state index in [2.05, 4.69) is 26.0 Å². The average molecular weight is 567 g/mol. The number of ether oxygens (including phenoxy) is 2. The van der Waals surface area contributed by atoms with Gasteiger partial charge in [-0.15, -0.1) is 0 Å². The minimum absolute atomic E-state index is 0.0639. The van der Waals surface area contributed by atoms with Crippen molar-refractivity contribution in [2.45, 2.75) is 187 Å². The van der Waals surface area contributed by atoms with Gasteiger partial charge in [-0.3, -0.25) is 9.59 Å². The monoisotopic (exact) mass is 566 g/mol. The second-order valence-corrected chi connectivity index (χ2v) is 11.6. The van der Waals surface area contributed by atoms with Crippen LogP contribution in [0.25, 0.3) is 0 Å². The highest BCUT2D eigenvalue weighted by Crippen LogP contribution is 2.13. The van der Waals surface area contributed by atoms with Gasteiger partial charge in [-0.2, -0.15) is 0 Å². The summed E-state index contributed by atoms with van der Waals surface area (Å²) in [6.45, 7) is 4.11. The highest BCUT2D eigenvalue weighted by atomic mass is 16.6. The molecule has 0 aliphatic heterocycles. The average Bonchev–Trinajstić information content (AvgIpc) is 2.96. The van der Waals surface area contributed by atoms with Gasteiger partial charge in [0.05, 0.1) is 6.61 Å². The predicted octanol–water partition coefficient (Wildman–Crippen LogP) is 10.2. The molecule has 0 radical (unpaired) electrons. The van der Waals surface area contributed by atoms with E-state index in [9.17, 15) is 14.7 Å². The van der Waals surface area contributed by atoms with Crippen molar-refractivity contribution in [2.75, 3.05) is 13.2 Å². The molecule has 0 aromatic rings. The van der Waals surface area contributed by atoms with Gasteiger partial charge in [0.25, 0.3) is 0 Å². The molecule has 0 heterocycles. The van der Waals surface area contributed by atoms with Crippen molar-refractivity contribution < 1.29 is 24.2 Å². The van der Waals surface area contributed by atoms with Crippen LogP contribution in [0.3, 0.4) is 0 Å². The standard InChI is InChI=1S/C35H66O5/c1-3-5-7-9-11-13-15-17-18-20-22-24-26-28-30-35(38)40-33(31-36)32-39-34(37)29-27-25-23-21-19-16-14-12-10-8-6-4-2/h15,17,33,36H,3-14,16,18-32H2,1-2H3/b17-15+/t33-/m0/s1. The SMILES string of the molecule is CCCCCCC/C=C/CCCCCCCC(=O)O[C@@H](CO)COC(=O)CCCCCCCCCCCCCC. The molecule has 0 aromatic heterocycles. The molecule has 236 valence electrons. The molecule has 0 amide bonds. The number of allylic oxidation sites excluding steroid dienone is 2. The Morgan fingerprint density at radius 3 is 1.35 bits per heavy atom. The smallest absolute Gasteiger partial charge is 0.306 e. The summed E-state index contributed by atoms with van der Waals surface area (Å²) < 4.78 is 10.5. The summed E-state index contributed by atoms with van der Waals surface area (Å²) in [6.07, 6.45) is 34.0. The minimum atomic E-state index is -0.767. The van der Waals surface area contributed by atoms with Crippen LogP contribution in [0.15, 0.2) is 12.2 Å². The van der Waals surface area contributed by atoms with Gasteiger partial charge in [-0.25, -0.2) is 0 Å². The van der Waals surface area contributed by atoms with E-state index < -0.39 is 6.10 Å². The maximum atomic E-state index is 12.1. The number of carbonyl (C=O) groups excluding carboxylic acids is 2. The number of rotatable bonds is 31. The van der Waals surface area contributed by atoms with E-state index in [1.807, 2.05) is 0 Å².